The smallest absolute Gasteiger partial charge is 0.271 e. The summed E-state index contributed by atoms with van der Waals surface area (Å²) in [5.74, 6) is 0.133. The Bertz CT molecular complexity index is 1790. The van der Waals surface area contributed by atoms with Crippen molar-refractivity contribution in [3.05, 3.63) is 131 Å². The molecule has 1 amide bonds. The maximum atomic E-state index is 14.0. The average Bonchev–Trinajstić information content (AvgIpc) is 3.27. The number of amides is 1. The lowest BCUT2D eigenvalue weighted by Crippen LogP contribution is -2.43. The van der Waals surface area contributed by atoms with Crippen LogP contribution in [-0.2, 0) is 11.4 Å². The molecule has 41 heavy (non-hydrogen) atoms. The molecule has 0 spiro atoms. The van der Waals surface area contributed by atoms with E-state index >= 15 is 0 Å². The zero-order valence-corrected chi connectivity index (χ0v) is 24.5. The molecule has 6 nitrogen and oxygen atoms in total. The van der Waals surface area contributed by atoms with Crippen molar-refractivity contribution in [1.82, 2.24) is 9.47 Å². The van der Waals surface area contributed by atoms with Crippen LogP contribution in [0, 0.1) is 5.82 Å². The zero-order chi connectivity index (χ0) is 29.1. The normalized spacial score (nSPS) is 15.0. The predicted octanol–water partition coefficient (Wildman–Crippen LogP) is 5.48. The Morgan fingerprint density at radius 3 is 2.44 bits per heavy atom. The highest BCUT2D eigenvalue weighted by atomic mass is 35.5. The first-order valence-electron chi connectivity index (χ1n) is 13.3. The minimum Gasteiger partial charge on any atom is -0.488 e. The number of nitrogens with zero attached hydrogens (tertiary/aromatic N) is 3. The molecule has 1 aromatic heterocycles. The lowest BCUT2D eigenvalue weighted by atomic mass is 9.94. The molecule has 9 heteroatoms. The van der Waals surface area contributed by atoms with Crippen LogP contribution < -0.4 is 19.6 Å². The number of allylic oxidation sites excluding steroid dienone is 1. The standard InChI is InChI=1S/C32H29ClFN3O3S/c1-4-36(5-2)31(39)28-20(3)35-32-37(29(28)22-12-14-24(33)15-13-22)30(38)27(41-32)18-23-8-6-7-9-26(23)40-19-21-10-16-25(34)17-11-21/h6-18,29H,4-5,19H2,1-3H3/b27-18+/t29-/m0/s1. The van der Waals surface area contributed by atoms with Crippen molar-refractivity contribution in [1.29, 1.82) is 0 Å². The van der Waals surface area contributed by atoms with E-state index in [1.54, 1.807) is 39.8 Å². The van der Waals surface area contributed by atoms with Crippen LogP contribution in [0.5, 0.6) is 5.75 Å². The second kappa shape index (κ2) is 12.2. The summed E-state index contributed by atoms with van der Waals surface area (Å²) in [5, 5.41) is 0.565. The monoisotopic (exact) mass is 589 g/mol. The third-order valence-corrected chi connectivity index (χ3v) is 8.24. The van der Waals surface area contributed by atoms with Crippen LogP contribution in [0.25, 0.3) is 6.08 Å². The maximum Gasteiger partial charge on any atom is 0.271 e. The van der Waals surface area contributed by atoms with Crippen LogP contribution in [0.4, 0.5) is 4.39 Å². The van der Waals surface area contributed by atoms with Crippen LogP contribution in [-0.4, -0.2) is 28.5 Å². The minimum absolute atomic E-state index is 0.148. The van der Waals surface area contributed by atoms with Gasteiger partial charge >= 0.3 is 0 Å². The van der Waals surface area contributed by atoms with Crippen LogP contribution in [0.2, 0.25) is 5.02 Å². The first kappa shape index (κ1) is 28.5. The number of carbonyl (C=O) groups is 1. The van der Waals surface area contributed by atoms with Crippen molar-refractivity contribution in [3.8, 4) is 5.75 Å². The molecule has 3 aromatic carbocycles. The lowest BCUT2D eigenvalue weighted by molar-refractivity contribution is -0.127. The predicted molar refractivity (Wildman–Crippen MR) is 160 cm³/mol. The summed E-state index contributed by atoms with van der Waals surface area (Å²) in [6.07, 6.45) is 1.79. The van der Waals surface area contributed by atoms with E-state index in [1.165, 1.54) is 23.5 Å². The van der Waals surface area contributed by atoms with E-state index in [0.29, 0.717) is 44.5 Å². The van der Waals surface area contributed by atoms with Gasteiger partial charge in [-0.3, -0.25) is 14.2 Å². The highest BCUT2D eigenvalue weighted by Gasteiger charge is 2.34. The van der Waals surface area contributed by atoms with Gasteiger partial charge in [-0.2, -0.15) is 0 Å². The van der Waals surface area contributed by atoms with Crippen molar-refractivity contribution in [2.24, 2.45) is 4.99 Å². The van der Waals surface area contributed by atoms with Gasteiger partial charge in [0.15, 0.2) is 4.80 Å². The van der Waals surface area contributed by atoms with Crippen molar-refractivity contribution in [2.45, 2.75) is 33.4 Å². The summed E-state index contributed by atoms with van der Waals surface area (Å²) in [6.45, 7) is 7.00. The van der Waals surface area contributed by atoms with E-state index in [0.717, 1.165) is 16.7 Å². The van der Waals surface area contributed by atoms with Crippen LogP contribution in [0.3, 0.4) is 0 Å². The summed E-state index contributed by atoms with van der Waals surface area (Å²) < 4.78 is 21.4. The summed E-state index contributed by atoms with van der Waals surface area (Å²) in [6, 6.07) is 20.1. The topological polar surface area (TPSA) is 63.9 Å². The van der Waals surface area contributed by atoms with Crippen molar-refractivity contribution >= 4 is 34.9 Å². The summed E-state index contributed by atoms with van der Waals surface area (Å²) in [5.41, 5.74) is 3.12. The highest BCUT2D eigenvalue weighted by Crippen LogP contribution is 2.32. The molecule has 0 N–H and O–H groups in total. The molecule has 0 aliphatic carbocycles. The molecule has 0 unspecified atom stereocenters. The van der Waals surface area contributed by atoms with Gasteiger partial charge in [-0.25, -0.2) is 9.38 Å². The molecule has 5 rings (SSSR count). The van der Waals surface area contributed by atoms with Crippen molar-refractivity contribution < 1.29 is 13.9 Å². The molecule has 0 saturated heterocycles. The fraction of sp³-hybridized carbons (Fsp3) is 0.219. The minimum atomic E-state index is -0.649. The fourth-order valence-electron chi connectivity index (χ4n) is 4.85. The zero-order valence-electron chi connectivity index (χ0n) is 22.9. The molecule has 1 aliphatic rings. The third kappa shape index (κ3) is 5.89. The second-order valence-corrected chi connectivity index (χ2v) is 11.0. The number of hydrogen-bond acceptors (Lipinski definition) is 5. The van der Waals surface area contributed by atoms with Gasteiger partial charge in [0.05, 0.1) is 21.8 Å². The first-order valence-corrected chi connectivity index (χ1v) is 14.5. The Labute approximate surface area is 246 Å². The molecule has 1 aliphatic heterocycles. The Morgan fingerprint density at radius 1 is 1.07 bits per heavy atom. The molecule has 210 valence electrons. The van der Waals surface area contributed by atoms with Crippen LogP contribution in [0.15, 0.2) is 93.9 Å². The Morgan fingerprint density at radius 2 is 1.76 bits per heavy atom. The van der Waals surface area contributed by atoms with Gasteiger partial charge in [-0.05, 0) is 68.3 Å². The largest absolute Gasteiger partial charge is 0.488 e. The average molecular weight is 590 g/mol. The number of para-hydroxylation sites is 1. The fourth-order valence-corrected chi connectivity index (χ4v) is 6.01. The van der Waals surface area contributed by atoms with Gasteiger partial charge in [0.1, 0.15) is 18.2 Å². The highest BCUT2D eigenvalue weighted by molar-refractivity contribution is 7.07. The number of hydrogen-bond donors (Lipinski definition) is 0. The third-order valence-electron chi connectivity index (χ3n) is 7.00. The molecule has 0 radical (unpaired) electrons. The van der Waals surface area contributed by atoms with Crippen LogP contribution in [0.1, 0.15) is 43.5 Å². The second-order valence-electron chi connectivity index (χ2n) is 9.56. The number of benzene rings is 3. The van der Waals surface area contributed by atoms with E-state index in [1.807, 2.05) is 57.2 Å². The number of carbonyl (C=O) groups excluding carboxylic acids is 1. The van der Waals surface area contributed by atoms with Crippen LogP contribution >= 0.6 is 22.9 Å². The summed E-state index contributed by atoms with van der Waals surface area (Å²) in [7, 11) is 0. The quantitative estimate of drug-likeness (QED) is 0.274. The van der Waals surface area contributed by atoms with E-state index < -0.39 is 6.04 Å². The van der Waals surface area contributed by atoms with Gasteiger partial charge in [-0.15, -0.1) is 0 Å². The van der Waals surface area contributed by atoms with Crippen molar-refractivity contribution in [3.63, 3.8) is 0 Å². The Balaban J connectivity index is 1.60. The molecule has 2 heterocycles. The molecule has 1 atom stereocenters. The van der Waals surface area contributed by atoms with Gasteiger partial charge < -0.3 is 9.64 Å². The number of rotatable bonds is 8. The van der Waals surface area contributed by atoms with E-state index in [2.05, 4.69) is 0 Å². The number of ether oxygens (including phenoxy) is 1. The van der Waals surface area contributed by atoms with Crippen molar-refractivity contribution in [2.75, 3.05) is 13.1 Å². The number of aromatic nitrogens is 1. The number of thiazole rings is 1. The van der Waals surface area contributed by atoms with Gasteiger partial charge in [0.25, 0.3) is 11.5 Å². The van der Waals surface area contributed by atoms with Gasteiger partial charge in [0, 0.05) is 23.7 Å². The Kier molecular flexibility index (Phi) is 8.52. The lowest BCUT2D eigenvalue weighted by Gasteiger charge is -2.29. The molecular formula is C32H29ClFN3O3S. The maximum absolute atomic E-state index is 14.0. The molecular weight excluding hydrogens is 561 g/mol. The molecule has 0 saturated carbocycles. The van der Waals surface area contributed by atoms with E-state index in [4.69, 9.17) is 21.3 Å². The number of halogens is 2. The van der Waals surface area contributed by atoms with Gasteiger partial charge in [0.2, 0.25) is 0 Å². The SMILES string of the molecule is CCN(CC)C(=O)C1=C(C)N=c2s/c(=C/c3ccccc3OCc3ccc(F)cc3)c(=O)n2[C@H]1c1ccc(Cl)cc1. The summed E-state index contributed by atoms with van der Waals surface area (Å²) >= 11 is 7.45. The van der Waals surface area contributed by atoms with E-state index in [-0.39, 0.29) is 23.9 Å². The molecule has 0 bridgehead atoms. The Hall–Kier alpha value is -4.01. The first-order chi connectivity index (χ1) is 19.8. The van der Waals surface area contributed by atoms with E-state index in [9.17, 15) is 14.0 Å². The molecule has 0 fully saturated rings. The molecule has 4 aromatic rings. The number of fused-ring (bicyclic) bond motifs is 1. The summed E-state index contributed by atoms with van der Waals surface area (Å²) in [4.78, 5) is 34.7. The van der Waals surface area contributed by atoms with Gasteiger partial charge in [-0.1, -0.05) is 65.4 Å². The number of likely N-dealkylation sites (N-methyl/N-ethyl adjacent to an activating group) is 1.